The van der Waals surface area contributed by atoms with Crippen molar-refractivity contribution in [2.24, 2.45) is 10.8 Å². The van der Waals surface area contributed by atoms with E-state index in [0.29, 0.717) is 12.8 Å². The third-order valence-electron chi connectivity index (χ3n) is 4.09. The summed E-state index contributed by atoms with van der Waals surface area (Å²) in [5.41, 5.74) is -1.56. The number of carboxylic acid groups (broad SMARTS) is 2. The Hall–Kier alpha value is -1.84. The molecule has 1 rings (SSSR count). The fraction of sp³-hybridized carbons (Fsp3) is 0.467. The topological polar surface area (TPSA) is 74.6 Å². The summed E-state index contributed by atoms with van der Waals surface area (Å²) >= 11 is 0. The number of benzene rings is 1. The van der Waals surface area contributed by atoms with Crippen molar-refractivity contribution in [2.45, 2.75) is 33.6 Å². The van der Waals surface area contributed by atoms with Gasteiger partial charge in [-0.25, -0.2) is 0 Å². The molecule has 0 spiro atoms. The number of hydrogen-bond donors (Lipinski definition) is 2. The summed E-state index contributed by atoms with van der Waals surface area (Å²) in [6.45, 7) is 4.67. The molecular formula is C15H20O4. The highest BCUT2D eigenvalue weighted by Gasteiger charge is 2.53. The number of carboxylic acids is 2. The van der Waals surface area contributed by atoms with Crippen LogP contribution in [-0.4, -0.2) is 22.2 Å². The molecule has 0 aliphatic rings. The van der Waals surface area contributed by atoms with Gasteiger partial charge in [-0.3, -0.25) is 9.59 Å². The first-order valence-electron chi connectivity index (χ1n) is 6.22. The summed E-state index contributed by atoms with van der Waals surface area (Å²) in [6.07, 6.45) is 1.15. The average molecular weight is 264 g/mol. The lowest BCUT2D eigenvalue weighted by Gasteiger charge is -2.37. The van der Waals surface area contributed by atoms with Crippen molar-refractivity contribution in [1.29, 1.82) is 0 Å². The number of hydrogen-bond acceptors (Lipinski definition) is 2. The summed E-state index contributed by atoms with van der Waals surface area (Å²) in [5, 5.41) is 18.5. The van der Waals surface area contributed by atoms with Crippen molar-refractivity contribution in [1.82, 2.24) is 0 Å². The maximum Gasteiger partial charge on any atom is 0.321 e. The normalized spacial score (nSPS) is 12.2. The highest BCUT2D eigenvalue weighted by Crippen LogP contribution is 2.43. The summed E-state index contributed by atoms with van der Waals surface area (Å²) < 4.78 is 0. The van der Waals surface area contributed by atoms with Crippen LogP contribution in [-0.2, 0) is 16.0 Å². The van der Waals surface area contributed by atoms with Crippen molar-refractivity contribution >= 4 is 11.9 Å². The van der Waals surface area contributed by atoms with E-state index in [-0.39, 0.29) is 0 Å². The number of rotatable bonds is 6. The van der Waals surface area contributed by atoms with Crippen LogP contribution in [0.1, 0.15) is 32.8 Å². The fourth-order valence-electron chi connectivity index (χ4n) is 2.02. The largest absolute Gasteiger partial charge is 0.480 e. The first-order valence-corrected chi connectivity index (χ1v) is 6.22. The van der Waals surface area contributed by atoms with Crippen LogP contribution >= 0.6 is 0 Å². The maximum atomic E-state index is 11.3. The minimum atomic E-state index is -1.79. The molecule has 0 aliphatic heterocycles. The van der Waals surface area contributed by atoms with Crippen LogP contribution in [0.25, 0.3) is 0 Å². The highest BCUT2D eigenvalue weighted by atomic mass is 16.4. The van der Waals surface area contributed by atoms with Crippen molar-refractivity contribution < 1.29 is 19.8 Å². The monoisotopic (exact) mass is 264 g/mol. The standard InChI is InChI=1S/C15H20O4/c1-14(2,15(3,12(16)17)13(18)19)10-9-11-7-5-4-6-8-11/h4-8H,9-10H2,1-3H3,(H,16,17)(H,18,19). The predicted molar refractivity (Wildman–Crippen MR) is 71.9 cm³/mol. The summed E-state index contributed by atoms with van der Waals surface area (Å²) in [4.78, 5) is 22.7. The maximum absolute atomic E-state index is 11.3. The molecule has 19 heavy (non-hydrogen) atoms. The minimum Gasteiger partial charge on any atom is -0.480 e. The highest BCUT2D eigenvalue weighted by molar-refractivity contribution is 5.98. The molecule has 0 heterocycles. The number of aryl methyl sites for hydroxylation is 1. The van der Waals surface area contributed by atoms with Crippen LogP contribution in [0.5, 0.6) is 0 Å². The van der Waals surface area contributed by atoms with Crippen molar-refractivity contribution in [3.8, 4) is 0 Å². The van der Waals surface area contributed by atoms with E-state index < -0.39 is 22.8 Å². The van der Waals surface area contributed by atoms with E-state index in [1.165, 1.54) is 6.92 Å². The first kappa shape index (κ1) is 15.2. The second kappa shape index (κ2) is 5.43. The van der Waals surface area contributed by atoms with Gasteiger partial charge in [-0.15, -0.1) is 0 Å². The van der Waals surface area contributed by atoms with Gasteiger partial charge in [0.05, 0.1) is 0 Å². The second-order valence-corrected chi connectivity index (χ2v) is 5.60. The van der Waals surface area contributed by atoms with Crippen LogP contribution in [0.15, 0.2) is 30.3 Å². The van der Waals surface area contributed by atoms with E-state index in [4.69, 9.17) is 0 Å². The van der Waals surface area contributed by atoms with Gasteiger partial charge in [0.2, 0.25) is 0 Å². The van der Waals surface area contributed by atoms with Gasteiger partial charge >= 0.3 is 11.9 Å². The van der Waals surface area contributed by atoms with Crippen molar-refractivity contribution in [3.63, 3.8) is 0 Å². The molecule has 0 bridgehead atoms. The SMILES string of the molecule is CC(C)(CCc1ccccc1)C(C)(C(=O)O)C(=O)O. The van der Waals surface area contributed by atoms with Crippen LogP contribution < -0.4 is 0 Å². The predicted octanol–water partition coefficient (Wildman–Crippen LogP) is 2.82. The number of carbonyl (C=O) groups is 2. The van der Waals surface area contributed by atoms with E-state index in [1.54, 1.807) is 13.8 Å². The van der Waals surface area contributed by atoms with Crippen LogP contribution in [0.3, 0.4) is 0 Å². The lowest BCUT2D eigenvalue weighted by Crippen LogP contribution is -2.48. The van der Waals surface area contributed by atoms with Gasteiger partial charge in [-0.1, -0.05) is 44.2 Å². The zero-order valence-electron chi connectivity index (χ0n) is 11.5. The zero-order valence-corrected chi connectivity index (χ0v) is 11.5. The lowest BCUT2D eigenvalue weighted by molar-refractivity contribution is -0.172. The van der Waals surface area contributed by atoms with Crippen LogP contribution in [0.4, 0.5) is 0 Å². The number of aliphatic carboxylic acids is 2. The Bertz CT molecular complexity index is 448. The van der Waals surface area contributed by atoms with Gasteiger partial charge in [0.1, 0.15) is 0 Å². The molecule has 0 radical (unpaired) electrons. The fourth-order valence-corrected chi connectivity index (χ4v) is 2.02. The quantitative estimate of drug-likeness (QED) is 0.775. The van der Waals surface area contributed by atoms with Crippen molar-refractivity contribution in [3.05, 3.63) is 35.9 Å². The van der Waals surface area contributed by atoms with E-state index in [2.05, 4.69) is 0 Å². The van der Waals surface area contributed by atoms with Gasteiger partial charge in [-0.2, -0.15) is 0 Å². The molecule has 4 nitrogen and oxygen atoms in total. The van der Waals surface area contributed by atoms with Gasteiger partial charge in [0.15, 0.2) is 5.41 Å². The lowest BCUT2D eigenvalue weighted by atomic mass is 9.64. The Labute approximate surface area is 113 Å². The van der Waals surface area contributed by atoms with E-state index >= 15 is 0 Å². The van der Waals surface area contributed by atoms with Gasteiger partial charge in [0.25, 0.3) is 0 Å². The molecule has 0 unspecified atom stereocenters. The molecule has 0 aliphatic carbocycles. The third-order valence-corrected chi connectivity index (χ3v) is 4.09. The molecule has 0 atom stereocenters. The molecule has 4 heteroatoms. The zero-order chi connectivity index (χ0) is 14.7. The molecule has 0 saturated heterocycles. The molecule has 0 aromatic heterocycles. The Balaban J connectivity index is 2.90. The molecule has 1 aromatic carbocycles. The second-order valence-electron chi connectivity index (χ2n) is 5.60. The molecule has 1 aromatic rings. The Kier molecular flexibility index (Phi) is 4.35. The van der Waals surface area contributed by atoms with Crippen molar-refractivity contribution in [2.75, 3.05) is 0 Å². The molecule has 0 fully saturated rings. The summed E-state index contributed by atoms with van der Waals surface area (Å²) in [6, 6.07) is 9.64. The molecule has 0 amide bonds. The minimum absolute atomic E-state index is 0.492. The van der Waals surface area contributed by atoms with E-state index in [1.807, 2.05) is 30.3 Å². The third kappa shape index (κ3) is 2.95. The molecule has 0 saturated carbocycles. The molecule has 104 valence electrons. The Morgan fingerprint density at radius 3 is 1.89 bits per heavy atom. The first-order chi connectivity index (χ1) is 8.72. The van der Waals surface area contributed by atoms with Crippen LogP contribution in [0.2, 0.25) is 0 Å². The van der Waals surface area contributed by atoms with E-state index in [9.17, 15) is 19.8 Å². The van der Waals surface area contributed by atoms with Crippen LogP contribution in [0, 0.1) is 10.8 Å². The summed E-state index contributed by atoms with van der Waals surface area (Å²) in [7, 11) is 0. The van der Waals surface area contributed by atoms with Gasteiger partial charge in [-0.05, 0) is 30.7 Å². The Morgan fingerprint density at radius 2 is 1.47 bits per heavy atom. The van der Waals surface area contributed by atoms with E-state index in [0.717, 1.165) is 5.56 Å². The molecular weight excluding hydrogens is 244 g/mol. The summed E-state index contributed by atoms with van der Waals surface area (Å²) in [5.74, 6) is -2.59. The Morgan fingerprint density at radius 1 is 1.00 bits per heavy atom. The smallest absolute Gasteiger partial charge is 0.321 e. The van der Waals surface area contributed by atoms with Gasteiger partial charge < -0.3 is 10.2 Å². The van der Waals surface area contributed by atoms with Gasteiger partial charge in [0, 0.05) is 0 Å². The molecule has 2 N–H and O–H groups in total. The average Bonchev–Trinajstić information content (AvgIpc) is 2.36.